The van der Waals surface area contributed by atoms with E-state index in [9.17, 15) is 9.18 Å². The molecular formula is C18H14ClFN4O3. The quantitative estimate of drug-likeness (QED) is 0.721. The van der Waals surface area contributed by atoms with Crippen LogP contribution in [-0.2, 0) is 6.61 Å². The van der Waals surface area contributed by atoms with Gasteiger partial charge in [0.05, 0.1) is 10.6 Å². The van der Waals surface area contributed by atoms with Gasteiger partial charge in [-0.25, -0.2) is 9.18 Å². The fourth-order valence-corrected chi connectivity index (χ4v) is 2.89. The van der Waals surface area contributed by atoms with E-state index in [2.05, 4.69) is 15.5 Å². The van der Waals surface area contributed by atoms with Crippen molar-refractivity contribution in [1.29, 1.82) is 0 Å². The molecule has 2 amide bonds. The average molecular weight is 389 g/mol. The van der Waals surface area contributed by atoms with E-state index in [1.54, 1.807) is 35.2 Å². The van der Waals surface area contributed by atoms with Crippen molar-refractivity contribution in [2.24, 2.45) is 0 Å². The number of carbonyl (C=O) groups is 1. The van der Waals surface area contributed by atoms with Crippen molar-refractivity contribution in [3.63, 3.8) is 0 Å². The molecule has 27 heavy (non-hydrogen) atoms. The lowest BCUT2D eigenvalue weighted by Gasteiger charge is -2.15. The molecule has 7 nitrogen and oxygen atoms in total. The molecule has 0 radical (unpaired) electrons. The Morgan fingerprint density at radius 3 is 2.96 bits per heavy atom. The van der Waals surface area contributed by atoms with Gasteiger partial charge in [0.25, 0.3) is 5.89 Å². The molecule has 9 heteroatoms. The molecule has 1 aromatic heterocycles. The first kappa shape index (κ1) is 17.3. The Kier molecular flexibility index (Phi) is 4.64. The predicted octanol–water partition coefficient (Wildman–Crippen LogP) is 3.64. The van der Waals surface area contributed by atoms with E-state index >= 15 is 0 Å². The smallest absolute Gasteiger partial charge is 0.321 e. The molecule has 0 aliphatic carbocycles. The van der Waals surface area contributed by atoms with Crippen LogP contribution in [0.2, 0.25) is 5.02 Å². The summed E-state index contributed by atoms with van der Waals surface area (Å²) in [6.07, 6.45) is 0. The highest BCUT2D eigenvalue weighted by molar-refractivity contribution is 6.33. The van der Waals surface area contributed by atoms with Crippen LogP contribution in [0.1, 0.15) is 5.82 Å². The van der Waals surface area contributed by atoms with E-state index in [4.69, 9.17) is 20.9 Å². The second-order valence-corrected chi connectivity index (χ2v) is 6.22. The number of aromatic nitrogens is 2. The summed E-state index contributed by atoms with van der Waals surface area (Å²) in [5, 5.41) is 7.01. The van der Waals surface area contributed by atoms with Crippen LogP contribution in [0.25, 0.3) is 11.5 Å². The van der Waals surface area contributed by atoms with Crippen LogP contribution in [0.4, 0.5) is 14.9 Å². The number of amides is 2. The number of carbonyl (C=O) groups excluding carboxylic acids is 1. The van der Waals surface area contributed by atoms with Crippen LogP contribution in [0.15, 0.2) is 47.0 Å². The van der Waals surface area contributed by atoms with Crippen molar-refractivity contribution in [1.82, 2.24) is 15.5 Å². The Hall–Kier alpha value is -3.13. The highest BCUT2D eigenvalue weighted by Gasteiger charge is 2.23. The Labute approximate surface area is 158 Å². The Morgan fingerprint density at radius 2 is 2.19 bits per heavy atom. The number of anilines is 1. The number of benzene rings is 2. The number of nitrogens with one attached hydrogen (secondary N) is 1. The van der Waals surface area contributed by atoms with Gasteiger partial charge in [0.2, 0.25) is 5.82 Å². The lowest BCUT2D eigenvalue weighted by molar-refractivity contribution is 0.252. The third-order valence-electron chi connectivity index (χ3n) is 3.98. The van der Waals surface area contributed by atoms with Gasteiger partial charge < -0.3 is 14.6 Å². The maximum absolute atomic E-state index is 13.2. The number of rotatable bonds is 5. The molecular weight excluding hydrogens is 375 g/mol. The molecule has 1 aliphatic rings. The molecule has 138 valence electrons. The molecule has 2 heterocycles. The average Bonchev–Trinajstić information content (AvgIpc) is 3.30. The van der Waals surface area contributed by atoms with Crippen molar-refractivity contribution in [2.75, 3.05) is 18.0 Å². The van der Waals surface area contributed by atoms with Crippen LogP contribution in [0, 0.1) is 5.82 Å². The molecule has 1 aliphatic heterocycles. The Balaban J connectivity index is 1.53. The highest BCUT2D eigenvalue weighted by atomic mass is 35.5. The van der Waals surface area contributed by atoms with Crippen molar-refractivity contribution >= 4 is 23.3 Å². The van der Waals surface area contributed by atoms with E-state index < -0.39 is 5.82 Å². The minimum atomic E-state index is -0.393. The molecule has 0 atom stereocenters. The Morgan fingerprint density at radius 1 is 1.30 bits per heavy atom. The predicted molar refractivity (Wildman–Crippen MR) is 96.2 cm³/mol. The van der Waals surface area contributed by atoms with Crippen LogP contribution >= 0.6 is 11.6 Å². The fourth-order valence-electron chi connectivity index (χ4n) is 2.69. The normalized spacial score (nSPS) is 13.7. The second kappa shape index (κ2) is 7.24. The van der Waals surface area contributed by atoms with E-state index in [1.165, 1.54) is 12.1 Å². The summed E-state index contributed by atoms with van der Waals surface area (Å²) in [5.41, 5.74) is 1.19. The van der Waals surface area contributed by atoms with Crippen LogP contribution < -0.4 is 15.0 Å². The van der Waals surface area contributed by atoms with Gasteiger partial charge in [-0.2, -0.15) is 4.98 Å². The second-order valence-electron chi connectivity index (χ2n) is 5.81. The molecule has 2 aromatic carbocycles. The molecule has 0 saturated carbocycles. The molecule has 1 saturated heterocycles. The van der Waals surface area contributed by atoms with Crippen LogP contribution in [0.3, 0.4) is 0 Å². The van der Waals surface area contributed by atoms with Gasteiger partial charge >= 0.3 is 6.03 Å². The summed E-state index contributed by atoms with van der Waals surface area (Å²) in [6, 6.07) is 10.7. The molecule has 4 rings (SSSR count). The standard InChI is InChI=1S/C18H14ClFN4O3/c19-15-5-4-12(24-7-6-21-18(24)25)9-14(15)17-22-16(23-27-17)10-26-13-3-1-2-11(20)8-13/h1-5,8-9H,6-7,10H2,(H,21,25). The van der Waals surface area contributed by atoms with E-state index in [1.807, 2.05) is 0 Å². The minimum absolute atomic E-state index is 0.0127. The molecule has 0 spiro atoms. The van der Waals surface area contributed by atoms with E-state index in [0.29, 0.717) is 35.1 Å². The number of ether oxygens (including phenoxy) is 1. The maximum Gasteiger partial charge on any atom is 0.321 e. The van der Waals surface area contributed by atoms with Gasteiger partial charge in [-0.05, 0) is 30.3 Å². The summed E-state index contributed by atoms with van der Waals surface area (Å²) >= 11 is 6.25. The third-order valence-corrected chi connectivity index (χ3v) is 4.31. The topological polar surface area (TPSA) is 80.5 Å². The van der Waals surface area contributed by atoms with Crippen molar-refractivity contribution < 1.29 is 18.4 Å². The van der Waals surface area contributed by atoms with Gasteiger partial charge in [0.15, 0.2) is 6.61 Å². The molecule has 0 bridgehead atoms. The number of hydrogen-bond donors (Lipinski definition) is 1. The summed E-state index contributed by atoms with van der Waals surface area (Å²) in [7, 11) is 0. The zero-order valence-corrected chi connectivity index (χ0v) is 14.7. The molecule has 1 N–H and O–H groups in total. The van der Waals surface area contributed by atoms with E-state index in [-0.39, 0.29) is 24.4 Å². The maximum atomic E-state index is 13.2. The van der Waals surface area contributed by atoms with Crippen molar-refractivity contribution in [3.8, 4) is 17.2 Å². The monoisotopic (exact) mass is 388 g/mol. The van der Waals surface area contributed by atoms with Crippen molar-refractivity contribution in [2.45, 2.75) is 6.61 Å². The summed E-state index contributed by atoms with van der Waals surface area (Å²) < 4.78 is 23.9. The summed E-state index contributed by atoms with van der Waals surface area (Å²) in [4.78, 5) is 17.7. The fraction of sp³-hybridized carbons (Fsp3) is 0.167. The lowest BCUT2D eigenvalue weighted by atomic mass is 10.2. The number of nitrogens with zero attached hydrogens (tertiary/aromatic N) is 3. The number of hydrogen-bond acceptors (Lipinski definition) is 5. The third kappa shape index (κ3) is 3.70. The van der Waals surface area contributed by atoms with Crippen LogP contribution in [0.5, 0.6) is 5.75 Å². The number of halogens is 2. The highest BCUT2D eigenvalue weighted by Crippen LogP contribution is 2.31. The van der Waals surface area contributed by atoms with Gasteiger partial charge in [-0.1, -0.05) is 22.8 Å². The van der Waals surface area contributed by atoms with Crippen molar-refractivity contribution in [3.05, 3.63) is 59.1 Å². The summed E-state index contributed by atoms with van der Waals surface area (Å²) in [6.45, 7) is 1.16. The first-order valence-electron chi connectivity index (χ1n) is 8.16. The number of urea groups is 1. The molecule has 0 unspecified atom stereocenters. The van der Waals surface area contributed by atoms with Gasteiger partial charge in [-0.15, -0.1) is 0 Å². The summed E-state index contributed by atoms with van der Waals surface area (Å²) in [5.74, 6) is 0.464. The lowest BCUT2D eigenvalue weighted by Crippen LogP contribution is -2.27. The largest absolute Gasteiger partial charge is 0.485 e. The minimum Gasteiger partial charge on any atom is -0.485 e. The SMILES string of the molecule is O=C1NCCN1c1ccc(Cl)c(-c2nc(COc3cccc(F)c3)no2)c1. The van der Waals surface area contributed by atoms with Gasteiger partial charge in [0, 0.05) is 24.8 Å². The Bertz CT molecular complexity index is 994. The van der Waals surface area contributed by atoms with Gasteiger partial charge in [0.1, 0.15) is 11.6 Å². The molecule has 3 aromatic rings. The van der Waals surface area contributed by atoms with Crippen LogP contribution in [-0.4, -0.2) is 29.3 Å². The zero-order valence-electron chi connectivity index (χ0n) is 14.0. The van der Waals surface area contributed by atoms with Gasteiger partial charge in [-0.3, -0.25) is 4.90 Å². The first-order chi connectivity index (χ1) is 13.1. The van der Waals surface area contributed by atoms with E-state index in [0.717, 1.165) is 0 Å². The zero-order chi connectivity index (χ0) is 18.8. The first-order valence-corrected chi connectivity index (χ1v) is 8.54. The molecule has 1 fully saturated rings.